The van der Waals surface area contributed by atoms with Crippen LogP contribution in [0.3, 0.4) is 0 Å². The van der Waals surface area contributed by atoms with Crippen molar-refractivity contribution in [2.45, 2.75) is 26.3 Å². The van der Waals surface area contributed by atoms with Gasteiger partial charge in [0.05, 0.1) is 0 Å². The van der Waals surface area contributed by atoms with Crippen LogP contribution in [0.5, 0.6) is 0 Å². The summed E-state index contributed by atoms with van der Waals surface area (Å²) in [5, 5.41) is 0. The molecule has 0 aromatic rings. The molecule has 4 heteroatoms. The zero-order chi connectivity index (χ0) is 8.15. The van der Waals surface area contributed by atoms with Crippen LogP contribution >= 0.6 is 12.9 Å². The third-order valence-electron chi connectivity index (χ3n) is 1.62. The second-order valence-corrected chi connectivity index (χ2v) is 2.41. The van der Waals surface area contributed by atoms with Gasteiger partial charge in [-0.3, -0.25) is 0 Å². The van der Waals surface area contributed by atoms with Crippen molar-refractivity contribution in [1.29, 1.82) is 0 Å². The number of hydrogen-bond donors (Lipinski definition) is 1. The van der Waals surface area contributed by atoms with Crippen molar-refractivity contribution in [3.8, 4) is 0 Å². The van der Waals surface area contributed by atoms with Crippen LogP contribution in [-0.2, 0) is 4.18 Å². The quantitative estimate of drug-likeness (QED) is 0.496. The number of nitrogens with zero attached hydrogens (tertiary/aromatic N) is 1. The number of carbonyl (C=O) groups is 1. The average molecular weight is 163 g/mol. The van der Waals surface area contributed by atoms with Crippen molar-refractivity contribution in [3.63, 3.8) is 0 Å². The van der Waals surface area contributed by atoms with Gasteiger partial charge in [-0.25, -0.2) is 4.79 Å². The van der Waals surface area contributed by atoms with E-state index in [4.69, 9.17) is 0 Å². The van der Waals surface area contributed by atoms with E-state index in [0.717, 1.165) is 6.42 Å². The van der Waals surface area contributed by atoms with E-state index in [9.17, 15) is 4.79 Å². The minimum atomic E-state index is -0.405. The van der Waals surface area contributed by atoms with Crippen molar-refractivity contribution < 1.29 is 8.98 Å². The molecule has 0 aliphatic heterocycles. The second-order valence-electron chi connectivity index (χ2n) is 2.23. The lowest BCUT2D eigenvalue weighted by molar-refractivity contribution is 0.156. The zero-order valence-electron chi connectivity index (χ0n) is 6.50. The highest BCUT2D eigenvalue weighted by Gasteiger charge is 2.13. The van der Waals surface area contributed by atoms with Gasteiger partial charge < -0.3 is 9.08 Å². The summed E-state index contributed by atoms with van der Waals surface area (Å²) in [6.07, 6.45) is 0.511. The van der Waals surface area contributed by atoms with Crippen molar-refractivity contribution in [2.24, 2.45) is 0 Å². The summed E-state index contributed by atoms with van der Waals surface area (Å²) in [6, 6.07) is 0.208. The van der Waals surface area contributed by atoms with E-state index < -0.39 is 6.09 Å². The highest BCUT2D eigenvalue weighted by Crippen LogP contribution is 2.02. The molecule has 1 atom stereocenters. The number of carbonyl (C=O) groups excluding carboxylic acids is 1. The van der Waals surface area contributed by atoms with E-state index in [-0.39, 0.29) is 6.04 Å². The first-order valence-electron chi connectivity index (χ1n) is 3.21. The molecule has 60 valence electrons. The fraction of sp³-hybridized carbons (Fsp3) is 0.833. The Labute approximate surface area is 67.0 Å². The van der Waals surface area contributed by atoms with Crippen LogP contribution in [-0.4, -0.2) is 24.1 Å². The molecule has 0 radical (unpaired) electrons. The number of amides is 1. The van der Waals surface area contributed by atoms with E-state index >= 15 is 0 Å². The summed E-state index contributed by atoms with van der Waals surface area (Å²) >= 11 is 3.40. The van der Waals surface area contributed by atoms with E-state index in [1.807, 2.05) is 13.8 Å². The van der Waals surface area contributed by atoms with Crippen molar-refractivity contribution in [2.75, 3.05) is 7.05 Å². The van der Waals surface area contributed by atoms with Gasteiger partial charge in [0.1, 0.15) is 0 Å². The van der Waals surface area contributed by atoms with Crippen LogP contribution in [0.15, 0.2) is 0 Å². The standard InChI is InChI=1S/C6H13NO2S/c1-4-5(2)7(3)6(8)9-10/h5,10H,4H2,1-3H3. The van der Waals surface area contributed by atoms with Gasteiger partial charge in [-0.1, -0.05) is 6.92 Å². The van der Waals surface area contributed by atoms with Crippen LogP contribution < -0.4 is 0 Å². The van der Waals surface area contributed by atoms with Gasteiger partial charge in [-0.05, 0) is 13.3 Å². The Kier molecular flexibility index (Phi) is 4.27. The van der Waals surface area contributed by atoms with Gasteiger partial charge in [-0.2, -0.15) is 0 Å². The summed E-state index contributed by atoms with van der Waals surface area (Å²) in [5.41, 5.74) is 0. The van der Waals surface area contributed by atoms with Crippen LogP contribution in [0.25, 0.3) is 0 Å². The van der Waals surface area contributed by atoms with Gasteiger partial charge in [0.15, 0.2) is 0 Å². The molecule has 0 aromatic heterocycles. The molecule has 0 N–H and O–H groups in total. The minimum Gasteiger partial charge on any atom is -0.378 e. The Morgan fingerprint density at radius 2 is 2.30 bits per heavy atom. The van der Waals surface area contributed by atoms with E-state index in [0.29, 0.717) is 0 Å². The maximum Gasteiger partial charge on any atom is 0.421 e. The summed E-state index contributed by atoms with van der Waals surface area (Å²) in [7, 11) is 1.69. The maximum atomic E-state index is 10.7. The molecule has 0 aliphatic rings. The lowest BCUT2D eigenvalue weighted by Crippen LogP contribution is -2.33. The van der Waals surface area contributed by atoms with Crippen LogP contribution in [0.2, 0.25) is 0 Å². The molecule has 3 nitrogen and oxygen atoms in total. The zero-order valence-corrected chi connectivity index (χ0v) is 7.39. The van der Waals surface area contributed by atoms with E-state index in [2.05, 4.69) is 17.1 Å². The molecule has 10 heavy (non-hydrogen) atoms. The van der Waals surface area contributed by atoms with Crippen molar-refractivity contribution >= 4 is 19.0 Å². The third kappa shape index (κ3) is 2.47. The lowest BCUT2D eigenvalue weighted by atomic mass is 10.2. The average Bonchev–Trinajstić information content (AvgIpc) is 2.00. The fourth-order valence-corrected chi connectivity index (χ4v) is 0.647. The maximum absolute atomic E-state index is 10.7. The molecule has 0 saturated heterocycles. The Balaban J connectivity index is 3.81. The molecule has 0 rings (SSSR count). The smallest absolute Gasteiger partial charge is 0.378 e. The van der Waals surface area contributed by atoms with Crippen LogP contribution in [0.4, 0.5) is 4.79 Å². The minimum absolute atomic E-state index is 0.208. The largest absolute Gasteiger partial charge is 0.421 e. The first kappa shape index (κ1) is 9.62. The van der Waals surface area contributed by atoms with Gasteiger partial charge in [0.25, 0.3) is 0 Å². The second kappa shape index (κ2) is 4.44. The first-order chi connectivity index (χ1) is 4.63. The molecule has 0 saturated carbocycles. The molecule has 0 aromatic carbocycles. The molecular weight excluding hydrogens is 150 g/mol. The Morgan fingerprint density at radius 3 is 2.60 bits per heavy atom. The van der Waals surface area contributed by atoms with Crippen molar-refractivity contribution in [3.05, 3.63) is 0 Å². The first-order valence-corrected chi connectivity index (χ1v) is 3.58. The van der Waals surface area contributed by atoms with Gasteiger partial charge >= 0.3 is 6.09 Å². The molecule has 0 aliphatic carbocycles. The van der Waals surface area contributed by atoms with Gasteiger partial charge in [-0.15, -0.1) is 0 Å². The summed E-state index contributed by atoms with van der Waals surface area (Å²) in [6.45, 7) is 3.96. The highest BCUT2D eigenvalue weighted by atomic mass is 32.1. The monoisotopic (exact) mass is 163 g/mol. The Bertz CT molecular complexity index is 118. The van der Waals surface area contributed by atoms with Crippen molar-refractivity contribution in [1.82, 2.24) is 4.90 Å². The van der Waals surface area contributed by atoms with Gasteiger partial charge in [0.2, 0.25) is 0 Å². The Morgan fingerprint density at radius 1 is 1.80 bits per heavy atom. The summed E-state index contributed by atoms with van der Waals surface area (Å²) < 4.78 is 4.22. The number of rotatable bonds is 2. The normalized spacial score (nSPS) is 12.4. The molecule has 1 amide bonds. The van der Waals surface area contributed by atoms with E-state index in [1.54, 1.807) is 7.05 Å². The molecule has 0 bridgehead atoms. The van der Waals surface area contributed by atoms with E-state index in [1.165, 1.54) is 4.90 Å². The summed E-state index contributed by atoms with van der Waals surface area (Å²) in [5.74, 6) is 0. The van der Waals surface area contributed by atoms with Crippen LogP contribution in [0.1, 0.15) is 20.3 Å². The molecule has 1 unspecified atom stereocenters. The van der Waals surface area contributed by atoms with Gasteiger partial charge in [0, 0.05) is 26.0 Å². The molecule has 0 fully saturated rings. The SMILES string of the molecule is CCC(C)N(C)C(=O)OS. The summed E-state index contributed by atoms with van der Waals surface area (Å²) in [4.78, 5) is 12.2. The molecule has 0 heterocycles. The predicted molar refractivity (Wildman–Crippen MR) is 43.0 cm³/mol. The number of thiol groups is 1. The molecular formula is C6H13NO2S. The lowest BCUT2D eigenvalue weighted by Gasteiger charge is -2.20. The number of hydrogen-bond acceptors (Lipinski definition) is 3. The third-order valence-corrected chi connectivity index (χ3v) is 1.77. The highest BCUT2D eigenvalue weighted by molar-refractivity contribution is 7.75. The molecule has 0 spiro atoms. The van der Waals surface area contributed by atoms with Crippen LogP contribution in [0, 0.1) is 0 Å². The topological polar surface area (TPSA) is 29.5 Å². The fourth-order valence-electron chi connectivity index (χ4n) is 0.518. The Hall–Kier alpha value is -0.380. The predicted octanol–water partition coefficient (Wildman–Crippen LogP) is 1.70.